The molecular weight excluding hydrogens is 530 g/mol. The fraction of sp³-hybridized carbons (Fsp3) is 0.200. The summed E-state index contributed by atoms with van der Waals surface area (Å²) in [6.45, 7) is 2.60. The zero-order chi connectivity index (χ0) is 21.1. The van der Waals surface area contributed by atoms with Gasteiger partial charge >= 0.3 is 6.03 Å². The number of benzene rings is 2. The van der Waals surface area contributed by atoms with Gasteiger partial charge in [0.15, 0.2) is 11.5 Å². The summed E-state index contributed by atoms with van der Waals surface area (Å²) in [5, 5.41) is 3.49. The van der Waals surface area contributed by atoms with E-state index in [-0.39, 0.29) is 18.2 Å². The monoisotopic (exact) mass is 546 g/mol. The number of hydrogen-bond acceptors (Lipinski definition) is 4. The molecule has 0 aromatic heterocycles. The van der Waals surface area contributed by atoms with Gasteiger partial charge in [0.2, 0.25) is 0 Å². The number of amides is 3. The second-order valence-electron chi connectivity index (χ2n) is 6.15. The summed E-state index contributed by atoms with van der Waals surface area (Å²) >= 11 is 14.2. The van der Waals surface area contributed by atoms with Crippen LogP contribution in [0.3, 0.4) is 0 Å². The summed E-state index contributed by atoms with van der Waals surface area (Å²) in [4.78, 5) is 24.7. The maximum Gasteiger partial charge on any atom is 0.328 e. The van der Waals surface area contributed by atoms with Crippen molar-refractivity contribution in [1.82, 2.24) is 10.2 Å². The molecule has 1 saturated heterocycles. The maximum atomic E-state index is 12.1. The van der Waals surface area contributed by atoms with Crippen molar-refractivity contribution in [3.63, 3.8) is 0 Å². The number of nitrogens with one attached hydrogen (secondary N) is 1. The predicted molar refractivity (Wildman–Crippen MR) is 120 cm³/mol. The summed E-state index contributed by atoms with van der Waals surface area (Å²) in [7, 11) is 1.42. The molecule has 0 saturated carbocycles. The van der Waals surface area contributed by atoms with Crippen molar-refractivity contribution in [2.24, 2.45) is 0 Å². The molecule has 9 heteroatoms. The molecule has 0 spiro atoms. The number of likely N-dealkylation sites (N-methyl/N-ethyl adjacent to an activating group) is 1. The van der Waals surface area contributed by atoms with Gasteiger partial charge in [0, 0.05) is 7.05 Å². The van der Waals surface area contributed by atoms with Crippen LogP contribution >= 0.6 is 45.8 Å². The molecule has 1 fully saturated rings. The van der Waals surface area contributed by atoms with E-state index in [0.717, 1.165) is 14.0 Å². The lowest BCUT2D eigenvalue weighted by atomic mass is 10.1. The normalized spacial score (nSPS) is 15.1. The van der Waals surface area contributed by atoms with Crippen LogP contribution in [0.4, 0.5) is 4.79 Å². The van der Waals surface area contributed by atoms with Crippen molar-refractivity contribution < 1.29 is 19.1 Å². The smallest absolute Gasteiger partial charge is 0.328 e. The molecule has 0 aliphatic carbocycles. The second kappa shape index (κ2) is 9.23. The Morgan fingerprint density at radius 1 is 1.14 bits per heavy atom. The Balaban J connectivity index is 1.87. The quantitative estimate of drug-likeness (QED) is 0.311. The molecule has 29 heavy (non-hydrogen) atoms. The number of imide groups is 1. The van der Waals surface area contributed by atoms with E-state index in [1.165, 1.54) is 7.05 Å². The average Bonchev–Trinajstić information content (AvgIpc) is 2.91. The van der Waals surface area contributed by atoms with E-state index >= 15 is 0 Å². The Hall–Kier alpha value is -1.97. The van der Waals surface area contributed by atoms with Crippen LogP contribution in [0.5, 0.6) is 11.5 Å². The molecule has 1 aliphatic heterocycles. The summed E-state index contributed by atoms with van der Waals surface area (Å²) in [6, 6.07) is 8.46. The van der Waals surface area contributed by atoms with E-state index in [1.54, 1.807) is 24.3 Å². The number of carbonyl (C=O) groups excluding carboxylic acids is 2. The first-order valence-corrected chi connectivity index (χ1v) is 10.5. The maximum absolute atomic E-state index is 12.1. The van der Waals surface area contributed by atoms with Crippen LogP contribution in [0.1, 0.15) is 18.1 Å². The molecular formula is C20H17Cl2IN2O4. The number of hydrogen-bond donors (Lipinski definition) is 1. The third-order valence-corrected chi connectivity index (χ3v) is 5.63. The molecule has 0 bridgehead atoms. The molecule has 1 heterocycles. The molecule has 0 radical (unpaired) electrons. The number of urea groups is 1. The predicted octanol–water partition coefficient (Wildman–Crippen LogP) is 5.10. The van der Waals surface area contributed by atoms with Crippen LogP contribution in [0, 0.1) is 3.57 Å². The van der Waals surface area contributed by atoms with E-state index < -0.39 is 6.03 Å². The van der Waals surface area contributed by atoms with Gasteiger partial charge in [-0.25, -0.2) is 4.79 Å². The SMILES string of the molecule is CCOc1cc(/C=C2/NC(=O)N(C)C2=O)cc(I)c1OCc1ccc(Cl)c(Cl)c1. The minimum atomic E-state index is -0.456. The highest BCUT2D eigenvalue weighted by atomic mass is 127. The zero-order valence-electron chi connectivity index (χ0n) is 15.6. The van der Waals surface area contributed by atoms with Gasteiger partial charge in [-0.3, -0.25) is 9.69 Å². The van der Waals surface area contributed by atoms with Crippen LogP contribution in [0.15, 0.2) is 36.0 Å². The van der Waals surface area contributed by atoms with E-state index in [9.17, 15) is 9.59 Å². The molecule has 0 unspecified atom stereocenters. The lowest BCUT2D eigenvalue weighted by molar-refractivity contribution is -0.121. The van der Waals surface area contributed by atoms with Crippen LogP contribution < -0.4 is 14.8 Å². The molecule has 2 aromatic rings. The Morgan fingerprint density at radius 3 is 2.52 bits per heavy atom. The lowest BCUT2D eigenvalue weighted by Crippen LogP contribution is -2.25. The van der Waals surface area contributed by atoms with Gasteiger partial charge in [0.05, 0.1) is 20.2 Å². The highest BCUT2D eigenvalue weighted by Crippen LogP contribution is 2.36. The van der Waals surface area contributed by atoms with Crippen molar-refractivity contribution in [2.75, 3.05) is 13.7 Å². The van der Waals surface area contributed by atoms with Crippen molar-refractivity contribution in [1.29, 1.82) is 0 Å². The van der Waals surface area contributed by atoms with Crippen LogP contribution in [0.2, 0.25) is 10.0 Å². The lowest BCUT2D eigenvalue weighted by Gasteiger charge is -2.15. The molecule has 2 aromatic carbocycles. The summed E-state index contributed by atoms with van der Waals surface area (Å²) in [5.74, 6) is 0.735. The molecule has 152 valence electrons. The van der Waals surface area contributed by atoms with Crippen molar-refractivity contribution in [3.8, 4) is 11.5 Å². The van der Waals surface area contributed by atoms with Crippen LogP contribution in [-0.4, -0.2) is 30.5 Å². The third kappa shape index (κ3) is 4.96. The number of rotatable bonds is 6. The Bertz CT molecular complexity index is 1010. The largest absolute Gasteiger partial charge is 0.490 e. The minimum Gasteiger partial charge on any atom is -0.490 e. The second-order valence-corrected chi connectivity index (χ2v) is 8.13. The van der Waals surface area contributed by atoms with Crippen LogP contribution in [0.25, 0.3) is 6.08 Å². The highest BCUT2D eigenvalue weighted by molar-refractivity contribution is 14.1. The third-order valence-electron chi connectivity index (χ3n) is 4.09. The summed E-state index contributed by atoms with van der Waals surface area (Å²) in [5.41, 5.74) is 1.78. The van der Waals surface area contributed by atoms with Gasteiger partial charge < -0.3 is 14.8 Å². The Labute approximate surface area is 191 Å². The number of ether oxygens (including phenoxy) is 2. The van der Waals surface area contributed by atoms with E-state index in [0.29, 0.717) is 33.7 Å². The van der Waals surface area contributed by atoms with Gasteiger partial charge in [-0.15, -0.1) is 0 Å². The zero-order valence-corrected chi connectivity index (χ0v) is 19.3. The summed E-state index contributed by atoms with van der Waals surface area (Å²) in [6.07, 6.45) is 1.61. The first-order valence-electron chi connectivity index (χ1n) is 8.64. The molecule has 1 aliphatic rings. The fourth-order valence-electron chi connectivity index (χ4n) is 2.65. The Morgan fingerprint density at radius 2 is 1.90 bits per heavy atom. The van der Waals surface area contributed by atoms with E-state index in [2.05, 4.69) is 27.9 Å². The van der Waals surface area contributed by atoms with Crippen molar-refractivity contribution in [3.05, 3.63) is 60.8 Å². The molecule has 1 N–H and O–H groups in total. The van der Waals surface area contributed by atoms with E-state index in [1.807, 2.05) is 19.1 Å². The standard InChI is InChI=1S/C20H17Cl2IN2O4/c1-3-28-17-9-12(8-16-19(26)25(2)20(27)24-16)7-15(23)18(17)29-10-11-4-5-13(21)14(22)6-11/h4-9H,3,10H2,1-2H3,(H,24,27)/b16-8+. The van der Waals surface area contributed by atoms with Gasteiger partial charge in [-0.2, -0.15) is 0 Å². The molecule has 6 nitrogen and oxygen atoms in total. The van der Waals surface area contributed by atoms with Crippen molar-refractivity contribution >= 4 is 63.8 Å². The average molecular weight is 547 g/mol. The van der Waals surface area contributed by atoms with Gasteiger partial charge in [-0.1, -0.05) is 29.3 Å². The fourth-order valence-corrected chi connectivity index (χ4v) is 3.75. The van der Waals surface area contributed by atoms with E-state index in [4.69, 9.17) is 32.7 Å². The topological polar surface area (TPSA) is 67.9 Å². The number of carbonyl (C=O) groups is 2. The molecule has 0 atom stereocenters. The first kappa shape index (κ1) is 21.7. The number of halogens is 3. The van der Waals surface area contributed by atoms with Crippen LogP contribution in [-0.2, 0) is 11.4 Å². The van der Waals surface area contributed by atoms with Gasteiger partial charge in [-0.05, 0) is 71.0 Å². The van der Waals surface area contributed by atoms with Crippen molar-refractivity contribution in [2.45, 2.75) is 13.5 Å². The van der Waals surface area contributed by atoms with Gasteiger partial charge in [0.25, 0.3) is 5.91 Å². The number of nitrogens with zero attached hydrogens (tertiary/aromatic N) is 1. The highest BCUT2D eigenvalue weighted by Gasteiger charge is 2.30. The minimum absolute atomic E-state index is 0.209. The summed E-state index contributed by atoms with van der Waals surface area (Å²) < 4.78 is 12.5. The molecule has 3 rings (SSSR count). The first-order chi connectivity index (χ1) is 13.8. The molecule has 3 amide bonds. The Kier molecular flexibility index (Phi) is 6.92. The van der Waals surface area contributed by atoms with Gasteiger partial charge in [0.1, 0.15) is 12.3 Å².